The summed E-state index contributed by atoms with van der Waals surface area (Å²) >= 11 is 0. The Hall–Kier alpha value is -1.02. The van der Waals surface area contributed by atoms with Crippen molar-refractivity contribution in [2.45, 2.75) is 32.6 Å². The van der Waals surface area contributed by atoms with Gasteiger partial charge in [-0.15, -0.1) is 0 Å². The van der Waals surface area contributed by atoms with Crippen molar-refractivity contribution in [3.05, 3.63) is 29.8 Å². The van der Waals surface area contributed by atoms with Crippen LogP contribution < -0.4 is 10.6 Å². The summed E-state index contributed by atoms with van der Waals surface area (Å²) in [6, 6.07) is 8.78. The highest BCUT2D eigenvalue weighted by molar-refractivity contribution is 5.47. The molecule has 1 aliphatic rings. The van der Waals surface area contributed by atoms with Crippen LogP contribution in [0.4, 0.5) is 5.69 Å². The second-order valence-corrected chi connectivity index (χ2v) is 5.84. The molecule has 0 bridgehead atoms. The minimum Gasteiger partial charge on any atom is -0.374 e. The highest BCUT2D eigenvalue weighted by Gasteiger charge is 2.21. The van der Waals surface area contributed by atoms with Crippen LogP contribution in [-0.2, 0) is 0 Å². The average Bonchev–Trinajstić information content (AvgIpc) is 2.39. The van der Waals surface area contributed by atoms with Gasteiger partial charge in [0.15, 0.2) is 0 Å². The molecular formula is C16H26N2. The van der Waals surface area contributed by atoms with E-state index in [0.717, 1.165) is 18.4 Å². The second-order valence-electron chi connectivity index (χ2n) is 5.84. The van der Waals surface area contributed by atoms with E-state index in [1.54, 1.807) is 0 Å². The van der Waals surface area contributed by atoms with Gasteiger partial charge in [-0.2, -0.15) is 0 Å². The Balaban J connectivity index is 1.86. The maximum absolute atomic E-state index is 5.75. The summed E-state index contributed by atoms with van der Waals surface area (Å²) < 4.78 is 0. The van der Waals surface area contributed by atoms with Crippen LogP contribution >= 0.6 is 0 Å². The maximum atomic E-state index is 5.75. The van der Waals surface area contributed by atoms with Crippen LogP contribution in [0.25, 0.3) is 0 Å². The summed E-state index contributed by atoms with van der Waals surface area (Å²) in [5.74, 6) is 1.63. The lowest BCUT2D eigenvalue weighted by molar-refractivity contribution is 0.283. The van der Waals surface area contributed by atoms with Crippen molar-refractivity contribution in [1.82, 2.24) is 0 Å². The summed E-state index contributed by atoms with van der Waals surface area (Å²) in [5, 5.41) is 0. The third-order valence-corrected chi connectivity index (χ3v) is 4.27. The second kappa shape index (κ2) is 6.24. The van der Waals surface area contributed by atoms with Gasteiger partial charge < -0.3 is 10.6 Å². The number of anilines is 1. The third-order valence-electron chi connectivity index (χ3n) is 4.27. The zero-order valence-electron chi connectivity index (χ0n) is 11.7. The molecule has 1 saturated carbocycles. The molecule has 2 N–H and O–H groups in total. The van der Waals surface area contributed by atoms with Gasteiger partial charge in [0.05, 0.1) is 0 Å². The molecule has 100 valence electrons. The molecule has 0 aliphatic heterocycles. The molecule has 0 radical (unpaired) electrons. The fourth-order valence-electron chi connectivity index (χ4n) is 3.01. The van der Waals surface area contributed by atoms with Crippen LogP contribution in [0.5, 0.6) is 0 Å². The normalized spacial score (nSPS) is 23.9. The van der Waals surface area contributed by atoms with Gasteiger partial charge in [0, 0.05) is 19.3 Å². The first kappa shape index (κ1) is 13.4. The quantitative estimate of drug-likeness (QED) is 0.884. The van der Waals surface area contributed by atoms with E-state index in [4.69, 9.17) is 5.73 Å². The summed E-state index contributed by atoms with van der Waals surface area (Å²) in [7, 11) is 2.21. The van der Waals surface area contributed by atoms with E-state index < -0.39 is 0 Å². The van der Waals surface area contributed by atoms with Crippen LogP contribution in [0.1, 0.15) is 31.2 Å². The molecule has 0 aromatic heterocycles. The Morgan fingerprint density at radius 2 is 1.83 bits per heavy atom. The number of rotatable bonds is 4. The van der Waals surface area contributed by atoms with Crippen LogP contribution in [0.2, 0.25) is 0 Å². The van der Waals surface area contributed by atoms with E-state index in [2.05, 4.69) is 43.1 Å². The molecule has 18 heavy (non-hydrogen) atoms. The van der Waals surface area contributed by atoms with Gasteiger partial charge >= 0.3 is 0 Å². The summed E-state index contributed by atoms with van der Waals surface area (Å²) in [6.45, 7) is 4.21. The zero-order valence-corrected chi connectivity index (χ0v) is 11.7. The fraction of sp³-hybridized carbons (Fsp3) is 0.625. The van der Waals surface area contributed by atoms with E-state index in [9.17, 15) is 0 Å². The van der Waals surface area contributed by atoms with Crippen LogP contribution in [-0.4, -0.2) is 20.1 Å². The molecule has 0 spiro atoms. The molecule has 1 aromatic carbocycles. The molecule has 1 fully saturated rings. The Bertz CT molecular complexity index is 367. The highest BCUT2D eigenvalue weighted by Crippen LogP contribution is 2.29. The van der Waals surface area contributed by atoms with E-state index in [-0.39, 0.29) is 0 Å². The predicted octanol–water partition coefficient (Wildman–Crippen LogP) is 3.20. The molecule has 0 amide bonds. The summed E-state index contributed by atoms with van der Waals surface area (Å²) in [6.07, 6.45) is 5.34. The summed E-state index contributed by atoms with van der Waals surface area (Å²) in [5.41, 5.74) is 8.43. The van der Waals surface area contributed by atoms with Crippen molar-refractivity contribution in [3.63, 3.8) is 0 Å². The lowest BCUT2D eigenvalue weighted by Gasteiger charge is -2.31. The Labute approximate surface area is 111 Å². The van der Waals surface area contributed by atoms with Crippen molar-refractivity contribution in [2.24, 2.45) is 17.6 Å². The number of nitrogens with two attached hydrogens (primary N) is 1. The number of hydrogen-bond acceptors (Lipinski definition) is 2. The van der Waals surface area contributed by atoms with Gasteiger partial charge in [-0.1, -0.05) is 12.1 Å². The van der Waals surface area contributed by atoms with Gasteiger partial charge in [-0.05, 0) is 68.7 Å². The van der Waals surface area contributed by atoms with E-state index in [1.165, 1.54) is 43.5 Å². The SMILES string of the molecule is Cc1cccc(N(C)CC2CCC(CN)CC2)c1. The van der Waals surface area contributed by atoms with Crippen LogP contribution in [0, 0.1) is 18.8 Å². The number of benzene rings is 1. The Morgan fingerprint density at radius 3 is 2.44 bits per heavy atom. The first-order valence-corrected chi connectivity index (χ1v) is 7.17. The monoisotopic (exact) mass is 246 g/mol. The molecule has 2 heteroatoms. The Kier molecular flexibility index (Phi) is 4.65. The first-order valence-electron chi connectivity index (χ1n) is 7.17. The smallest absolute Gasteiger partial charge is 0.0366 e. The van der Waals surface area contributed by atoms with Crippen molar-refractivity contribution < 1.29 is 0 Å². The molecule has 1 aliphatic carbocycles. The van der Waals surface area contributed by atoms with Crippen LogP contribution in [0.3, 0.4) is 0 Å². The topological polar surface area (TPSA) is 29.3 Å². The molecule has 2 nitrogen and oxygen atoms in total. The molecule has 0 heterocycles. The van der Waals surface area contributed by atoms with Gasteiger partial charge in [0.25, 0.3) is 0 Å². The van der Waals surface area contributed by atoms with Crippen LogP contribution in [0.15, 0.2) is 24.3 Å². The Morgan fingerprint density at radius 1 is 1.17 bits per heavy atom. The fourth-order valence-corrected chi connectivity index (χ4v) is 3.01. The van der Waals surface area contributed by atoms with Crippen molar-refractivity contribution in [1.29, 1.82) is 0 Å². The first-order chi connectivity index (χ1) is 8.69. The van der Waals surface area contributed by atoms with Gasteiger partial charge in [-0.3, -0.25) is 0 Å². The minimum absolute atomic E-state index is 0.783. The van der Waals surface area contributed by atoms with Gasteiger partial charge in [0.1, 0.15) is 0 Å². The lowest BCUT2D eigenvalue weighted by Crippen LogP contribution is -2.30. The largest absolute Gasteiger partial charge is 0.374 e. The van der Waals surface area contributed by atoms with Gasteiger partial charge in [-0.25, -0.2) is 0 Å². The summed E-state index contributed by atoms with van der Waals surface area (Å²) in [4.78, 5) is 2.40. The van der Waals surface area contributed by atoms with E-state index >= 15 is 0 Å². The minimum atomic E-state index is 0.783. The number of aryl methyl sites for hydroxylation is 1. The van der Waals surface area contributed by atoms with E-state index in [1.807, 2.05) is 0 Å². The molecular weight excluding hydrogens is 220 g/mol. The number of hydrogen-bond donors (Lipinski definition) is 1. The van der Waals surface area contributed by atoms with Gasteiger partial charge in [0.2, 0.25) is 0 Å². The molecule has 0 atom stereocenters. The molecule has 0 saturated heterocycles. The zero-order chi connectivity index (χ0) is 13.0. The average molecular weight is 246 g/mol. The number of nitrogens with zero attached hydrogens (tertiary/aromatic N) is 1. The highest BCUT2D eigenvalue weighted by atomic mass is 15.1. The molecule has 1 aromatic rings. The lowest BCUT2D eigenvalue weighted by atomic mass is 9.82. The van der Waals surface area contributed by atoms with Crippen molar-refractivity contribution in [2.75, 3.05) is 25.0 Å². The van der Waals surface area contributed by atoms with E-state index in [0.29, 0.717) is 0 Å². The molecule has 2 rings (SSSR count). The standard InChI is InChI=1S/C16H26N2/c1-13-4-3-5-16(10-13)18(2)12-15-8-6-14(11-17)7-9-15/h3-5,10,14-15H,6-9,11-12,17H2,1-2H3. The maximum Gasteiger partial charge on any atom is 0.0366 e. The van der Waals surface area contributed by atoms with Crippen molar-refractivity contribution >= 4 is 5.69 Å². The predicted molar refractivity (Wildman–Crippen MR) is 79.0 cm³/mol. The van der Waals surface area contributed by atoms with Crippen molar-refractivity contribution in [3.8, 4) is 0 Å². The third kappa shape index (κ3) is 3.49. The molecule has 0 unspecified atom stereocenters.